The molecule has 2 aromatic heterocycles. The number of alkyl halides is 3. The third kappa shape index (κ3) is 6.52. The Kier molecular flexibility index (Phi) is 7.93. The molecule has 3 aromatic rings. The first-order valence-electron chi connectivity index (χ1n) is 11.0. The van der Waals surface area contributed by atoms with Crippen molar-refractivity contribution in [1.29, 1.82) is 0 Å². The van der Waals surface area contributed by atoms with E-state index in [4.69, 9.17) is 9.47 Å². The summed E-state index contributed by atoms with van der Waals surface area (Å²) in [5.74, 6) is -3.78. The van der Waals surface area contributed by atoms with E-state index in [0.29, 0.717) is 6.61 Å². The fraction of sp³-hybridized carbons (Fsp3) is 0.391. The molecule has 0 bridgehead atoms. The lowest BCUT2D eigenvalue weighted by atomic mass is 10.2. The van der Waals surface area contributed by atoms with E-state index in [1.165, 1.54) is 24.9 Å². The first-order valence-corrected chi connectivity index (χ1v) is 14.7. The van der Waals surface area contributed by atoms with Crippen LogP contribution >= 0.6 is 0 Å². The summed E-state index contributed by atoms with van der Waals surface area (Å²) < 4.78 is 83.1. The molecule has 36 heavy (non-hydrogen) atoms. The van der Waals surface area contributed by atoms with Gasteiger partial charge in [-0.1, -0.05) is 19.6 Å². The monoisotopic (exact) mass is 530 g/mol. The minimum Gasteiger partial charge on any atom is -0.450 e. The van der Waals surface area contributed by atoms with Crippen molar-refractivity contribution in [2.24, 2.45) is 0 Å². The highest BCUT2D eigenvalue weighted by atomic mass is 28.3. The lowest BCUT2D eigenvalue weighted by Crippen LogP contribution is -2.27. The number of hydrogen-bond donors (Lipinski definition) is 1. The molecule has 0 aliphatic carbocycles. The second-order valence-electron chi connectivity index (χ2n) is 9.56. The number of aromatic nitrogens is 2. The van der Waals surface area contributed by atoms with Crippen LogP contribution < -0.4 is 10.1 Å². The minimum absolute atomic E-state index is 0.108. The number of nitrogens with one attached hydrogen (secondary N) is 1. The maximum absolute atomic E-state index is 14.7. The van der Waals surface area contributed by atoms with Crippen LogP contribution in [0.3, 0.4) is 0 Å². The molecule has 13 heteroatoms. The molecule has 1 N–H and O–H groups in total. The van der Waals surface area contributed by atoms with E-state index in [0.717, 1.165) is 35.3 Å². The Morgan fingerprint density at radius 3 is 2.36 bits per heavy atom. The summed E-state index contributed by atoms with van der Waals surface area (Å²) in [6, 6.07) is 2.90. The molecule has 196 valence electrons. The number of rotatable bonds is 8. The predicted octanol–water partition coefficient (Wildman–Crippen LogP) is 6.53. The van der Waals surface area contributed by atoms with Gasteiger partial charge < -0.3 is 24.3 Å². The zero-order chi connectivity index (χ0) is 26.8. The average Bonchev–Trinajstić information content (AvgIpc) is 3.13. The van der Waals surface area contributed by atoms with E-state index in [1.807, 2.05) is 0 Å². The lowest BCUT2D eigenvalue weighted by Gasteiger charge is -2.15. The van der Waals surface area contributed by atoms with Crippen LogP contribution in [0.2, 0.25) is 25.7 Å². The van der Waals surface area contributed by atoms with E-state index >= 15 is 0 Å². The molecular weight excluding hydrogens is 503 g/mol. The number of fused-ring (bicyclic) bond motifs is 1. The van der Waals surface area contributed by atoms with Gasteiger partial charge in [0.05, 0.1) is 10.9 Å². The summed E-state index contributed by atoms with van der Waals surface area (Å²) in [5, 5.41) is 1.83. The summed E-state index contributed by atoms with van der Waals surface area (Å²) in [6.07, 6.45) is -2.77. The molecule has 0 aliphatic heterocycles. The maximum atomic E-state index is 14.7. The van der Waals surface area contributed by atoms with Crippen molar-refractivity contribution in [3.05, 3.63) is 47.8 Å². The second kappa shape index (κ2) is 10.4. The maximum Gasteiger partial charge on any atom is 0.418 e. The summed E-state index contributed by atoms with van der Waals surface area (Å²) >= 11 is 0. The molecule has 0 saturated heterocycles. The third-order valence-corrected chi connectivity index (χ3v) is 6.82. The number of anilines is 1. The number of carbonyl (C=O) groups excluding carboxylic acids is 1. The Morgan fingerprint density at radius 1 is 1.17 bits per heavy atom. The molecule has 0 fully saturated rings. The number of ether oxygens (including phenoxy) is 2. The van der Waals surface area contributed by atoms with Crippen LogP contribution in [0, 0.1) is 11.6 Å². The number of hydrogen-bond acceptors (Lipinski definition) is 4. The van der Waals surface area contributed by atoms with Crippen LogP contribution in [0.25, 0.3) is 11.0 Å². The molecule has 0 atom stereocenters. The lowest BCUT2D eigenvalue weighted by molar-refractivity contribution is -0.136. The zero-order valence-electron chi connectivity index (χ0n) is 20.5. The van der Waals surface area contributed by atoms with E-state index < -0.39 is 54.4 Å². The number of pyridine rings is 1. The van der Waals surface area contributed by atoms with Crippen LogP contribution in [0.4, 0.5) is 32.4 Å². The second-order valence-corrected chi connectivity index (χ2v) is 15.2. The molecule has 7 nitrogen and oxygen atoms in total. The molecule has 1 aromatic carbocycles. The summed E-state index contributed by atoms with van der Waals surface area (Å²) in [6.45, 7) is 6.64. The summed E-state index contributed by atoms with van der Waals surface area (Å²) in [5.41, 5.74) is -1.37. The van der Waals surface area contributed by atoms with Gasteiger partial charge in [-0.05, 0) is 12.1 Å². The van der Waals surface area contributed by atoms with Crippen molar-refractivity contribution in [3.8, 4) is 11.5 Å². The van der Waals surface area contributed by atoms with Gasteiger partial charge in [-0.15, -0.1) is 0 Å². The van der Waals surface area contributed by atoms with Gasteiger partial charge in [0.1, 0.15) is 18.1 Å². The van der Waals surface area contributed by atoms with Crippen molar-refractivity contribution in [2.75, 3.05) is 26.0 Å². The summed E-state index contributed by atoms with van der Waals surface area (Å²) in [7, 11) is 1.48. The van der Waals surface area contributed by atoms with Crippen LogP contribution in [0.15, 0.2) is 30.6 Å². The molecule has 2 heterocycles. The first kappa shape index (κ1) is 27.4. The van der Waals surface area contributed by atoms with Gasteiger partial charge in [-0.2, -0.15) is 13.2 Å². The Labute approximate surface area is 205 Å². The smallest absolute Gasteiger partial charge is 0.418 e. The van der Waals surface area contributed by atoms with Gasteiger partial charge in [0, 0.05) is 59.0 Å². The van der Waals surface area contributed by atoms with Gasteiger partial charge in [-0.25, -0.2) is 18.6 Å². The Morgan fingerprint density at radius 2 is 1.81 bits per heavy atom. The molecule has 0 radical (unpaired) electrons. The van der Waals surface area contributed by atoms with E-state index in [9.17, 15) is 26.7 Å². The quantitative estimate of drug-likeness (QED) is 0.204. The molecule has 0 spiro atoms. The predicted molar refractivity (Wildman–Crippen MR) is 128 cm³/mol. The Balaban J connectivity index is 1.97. The minimum atomic E-state index is -4.79. The van der Waals surface area contributed by atoms with Crippen molar-refractivity contribution in [1.82, 2.24) is 14.5 Å². The fourth-order valence-electron chi connectivity index (χ4n) is 3.20. The number of carbonyl (C=O) groups is 1. The van der Waals surface area contributed by atoms with Gasteiger partial charge in [0.15, 0.2) is 17.4 Å². The molecule has 2 amide bonds. The zero-order valence-corrected chi connectivity index (χ0v) is 21.5. The standard InChI is InChI=1S/C23H27F5N4O3Si/c1-31(2)22(33)30-14-10-16(24)20(17(25)11-14)35-18-6-7-29-21-19(18)15(23(26,27)28)12-32(21)13-34-8-9-36(3,4)5/h6-7,10-12H,8-9,13H2,1-5H3,(H,30,33). The van der Waals surface area contributed by atoms with Crippen LogP contribution in [0.5, 0.6) is 11.5 Å². The van der Waals surface area contributed by atoms with Crippen molar-refractivity contribution in [3.63, 3.8) is 0 Å². The molecular formula is C23H27F5N4O3Si. The number of amides is 2. The molecule has 3 rings (SSSR count). The van der Waals surface area contributed by atoms with E-state index in [1.54, 1.807) is 0 Å². The van der Waals surface area contributed by atoms with Gasteiger partial charge in [0.2, 0.25) is 0 Å². The summed E-state index contributed by atoms with van der Waals surface area (Å²) in [4.78, 5) is 16.9. The number of benzene rings is 1. The molecule has 0 saturated carbocycles. The average molecular weight is 531 g/mol. The number of nitrogens with zero attached hydrogens (tertiary/aromatic N) is 3. The number of halogens is 5. The largest absolute Gasteiger partial charge is 0.450 e. The van der Waals surface area contributed by atoms with Crippen molar-refractivity contribution >= 4 is 30.8 Å². The van der Waals surface area contributed by atoms with E-state index in [-0.39, 0.29) is 18.1 Å². The highest BCUT2D eigenvalue weighted by Crippen LogP contribution is 2.42. The van der Waals surface area contributed by atoms with Gasteiger partial charge in [-0.3, -0.25) is 0 Å². The van der Waals surface area contributed by atoms with Crippen molar-refractivity contribution < 1.29 is 36.2 Å². The van der Waals surface area contributed by atoms with Crippen LogP contribution in [0.1, 0.15) is 5.56 Å². The molecule has 0 aliphatic rings. The van der Waals surface area contributed by atoms with Gasteiger partial charge in [0.25, 0.3) is 0 Å². The normalized spacial score (nSPS) is 12.2. The molecule has 0 unspecified atom stereocenters. The van der Waals surface area contributed by atoms with Crippen LogP contribution in [-0.4, -0.2) is 49.3 Å². The highest BCUT2D eigenvalue weighted by Gasteiger charge is 2.37. The van der Waals surface area contributed by atoms with Gasteiger partial charge >= 0.3 is 12.2 Å². The Bertz CT molecular complexity index is 1230. The Hall–Kier alpha value is -3.19. The van der Waals surface area contributed by atoms with E-state index in [2.05, 4.69) is 29.9 Å². The SMILES string of the molecule is CN(C)C(=O)Nc1cc(F)c(Oc2ccnc3c2c(C(F)(F)F)cn3COCC[Si](C)(C)C)c(F)c1. The fourth-order valence-corrected chi connectivity index (χ4v) is 3.96. The number of urea groups is 1. The van der Waals surface area contributed by atoms with Crippen LogP contribution in [-0.2, 0) is 17.6 Å². The third-order valence-electron chi connectivity index (χ3n) is 5.12. The topological polar surface area (TPSA) is 68.6 Å². The highest BCUT2D eigenvalue weighted by molar-refractivity contribution is 6.76. The first-order chi connectivity index (χ1) is 16.7. The van der Waals surface area contributed by atoms with Crippen molar-refractivity contribution in [2.45, 2.75) is 38.6 Å².